The molecule has 2 unspecified atom stereocenters. The number of rotatable bonds is 31. The largest absolute Gasteiger partial charge is 0.385 e. The van der Waals surface area contributed by atoms with E-state index in [1.807, 2.05) is 0 Å². The molecule has 0 aliphatic heterocycles. The predicted octanol–water partition coefficient (Wildman–Crippen LogP) is 8.62. The van der Waals surface area contributed by atoms with Gasteiger partial charge in [0.1, 0.15) is 6.10 Å². The number of carbonyl (C=O) groups is 4. The molecule has 0 amide bonds. The molecule has 1 rings (SSSR count). The molecule has 0 saturated heterocycles. The lowest BCUT2D eigenvalue weighted by atomic mass is 9.71. The van der Waals surface area contributed by atoms with E-state index in [1.54, 1.807) is 0 Å². The van der Waals surface area contributed by atoms with Crippen LogP contribution in [0.5, 0.6) is 0 Å². The summed E-state index contributed by atoms with van der Waals surface area (Å²) >= 11 is 0. The van der Waals surface area contributed by atoms with Crippen LogP contribution >= 0.6 is 0 Å². The van der Waals surface area contributed by atoms with Gasteiger partial charge in [-0.15, -0.1) is 0 Å². The molecule has 0 aromatic carbocycles. The van der Waals surface area contributed by atoms with E-state index in [0.29, 0.717) is 19.3 Å². The monoisotopic (exact) mass is 648 g/mol. The molecule has 1 fully saturated rings. The Morgan fingerprint density at radius 1 is 0.652 bits per heavy atom. The van der Waals surface area contributed by atoms with Crippen LogP contribution in [0.1, 0.15) is 194 Å². The van der Waals surface area contributed by atoms with E-state index in [4.69, 9.17) is 0 Å². The van der Waals surface area contributed by atoms with E-state index in [9.17, 15) is 34.5 Å². The van der Waals surface area contributed by atoms with Gasteiger partial charge in [0.25, 0.3) is 0 Å². The molecule has 0 radical (unpaired) electrons. The Kier molecular flexibility index (Phi) is 23.3. The zero-order valence-electron chi connectivity index (χ0n) is 29.5. The first-order chi connectivity index (χ1) is 22.2. The molecule has 2 atom stereocenters. The standard InChI is InChI=1S/C39H68O7/c1-3-5-7-9-11-13-15-17-19-21-23-25-27-29-33(40)37(44)39(46,38(45)35(42)31-32-36(38)43)34(41)30-28-26-24-22-20-18-16-14-12-10-8-6-4-2/h14,16,33,40,45-46H,3-13,15,17-32H2,1-2H3. The maximum absolute atomic E-state index is 13.4. The number of unbranched alkanes of at least 4 members (excludes halogenated alkanes) is 21. The molecule has 0 heterocycles. The lowest BCUT2D eigenvalue weighted by molar-refractivity contribution is -0.190. The highest BCUT2D eigenvalue weighted by atomic mass is 16.4. The van der Waals surface area contributed by atoms with E-state index in [0.717, 1.165) is 57.8 Å². The topological polar surface area (TPSA) is 129 Å². The van der Waals surface area contributed by atoms with Crippen LogP contribution in [0.2, 0.25) is 0 Å². The maximum Gasteiger partial charge on any atom is 0.227 e. The van der Waals surface area contributed by atoms with Gasteiger partial charge in [0, 0.05) is 19.3 Å². The minimum Gasteiger partial charge on any atom is -0.385 e. The summed E-state index contributed by atoms with van der Waals surface area (Å²) in [5, 5.41) is 33.3. The van der Waals surface area contributed by atoms with Crippen LogP contribution in [-0.4, -0.2) is 55.8 Å². The third-order valence-electron chi connectivity index (χ3n) is 9.72. The molecule has 46 heavy (non-hydrogen) atoms. The molecule has 1 aliphatic rings. The average molecular weight is 649 g/mol. The van der Waals surface area contributed by atoms with Crippen LogP contribution in [0, 0.1) is 0 Å². The van der Waals surface area contributed by atoms with Crippen molar-refractivity contribution in [2.75, 3.05) is 0 Å². The molecule has 1 aliphatic carbocycles. The second kappa shape index (κ2) is 25.3. The Hall–Kier alpha value is -1.70. The lowest BCUT2D eigenvalue weighted by Crippen LogP contribution is -2.71. The van der Waals surface area contributed by atoms with E-state index >= 15 is 0 Å². The molecule has 7 heteroatoms. The molecule has 0 spiro atoms. The van der Waals surface area contributed by atoms with Crippen molar-refractivity contribution in [1.82, 2.24) is 0 Å². The van der Waals surface area contributed by atoms with Gasteiger partial charge in [0.2, 0.25) is 17.0 Å². The van der Waals surface area contributed by atoms with Crippen molar-refractivity contribution < 1.29 is 34.5 Å². The van der Waals surface area contributed by atoms with Crippen molar-refractivity contribution in [3.05, 3.63) is 12.2 Å². The van der Waals surface area contributed by atoms with Gasteiger partial charge >= 0.3 is 0 Å². The minimum atomic E-state index is -3.25. The normalized spacial score (nSPS) is 16.7. The fourth-order valence-corrected chi connectivity index (χ4v) is 6.58. The number of allylic oxidation sites excluding steroid dienone is 2. The summed E-state index contributed by atoms with van der Waals surface area (Å²) in [6, 6.07) is 0. The molecule has 266 valence electrons. The van der Waals surface area contributed by atoms with Crippen molar-refractivity contribution in [2.45, 2.75) is 211 Å². The number of aliphatic hydroxyl groups excluding tert-OH is 1. The van der Waals surface area contributed by atoms with Gasteiger partial charge in [-0.3, -0.25) is 19.2 Å². The summed E-state index contributed by atoms with van der Waals surface area (Å²) in [4.78, 5) is 52.0. The average Bonchev–Trinajstić information content (AvgIpc) is 3.32. The predicted molar refractivity (Wildman–Crippen MR) is 186 cm³/mol. The van der Waals surface area contributed by atoms with Crippen molar-refractivity contribution in [3.63, 3.8) is 0 Å². The lowest BCUT2D eigenvalue weighted by Gasteiger charge is -2.37. The molecular weight excluding hydrogens is 580 g/mol. The van der Waals surface area contributed by atoms with Gasteiger partial charge < -0.3 is 15.3 Å². The Labute approximate surface area is 280 Å². The second-order valence-electron chi connectivity index (χ2n) is 13.7. The molecular formula is C39H68O7. The first kappa shape index (κ1) is 42.3. The van der Waals surface area contributed by atoms with Crippen molar-refractivity contribution >= 4 is 23.1 Å². The van der Waals surface area contributed by atoms with Crippen LogP contribution < -0.4 is 0 Å². The highest BCUT2D eigenvalue weighted by Gasteiger charge is 2.69. The van der Waals surface area contributed by atoms with Crippen LogP contribution in [0.15, 0.2) is 12.2 Å². The number of ketones is 4. The summed E-state index contributed by atoms with van der Waals surface area (Å²) in [6.45, 7) is 4.43. The molecule has 3 N–H and O–H groups in total. The number of carbonyl (C=O) groups excluding carboxylic acids is 4. The zero-order chi connectivity index (χ0) is 34.1. The highest BCUT2D eigenvalue weighted by molar-refractivity contribution is 6.28. The Morgan fingerprint density at radius 2 is 1.02 bits per heavy atom. The van der Waals surface area contributed by atoms with Gasteiger partial charge in [-0.1, -0.05) is 148 Å². The molecule has 0 aromatic heterocycles. The summed E-state index contributed by atoms with van der Waals surface area (Å²) in [6.07, 6.45) is 27.6. The van der Waals surface area contributed by atoms with Crippen LogP contribution in [-0.2, 0) is 19.2 Å². The smallest absolute Gasteiger partial charge is 0.227 e. The molecule has 0 aromatic rings. The fourth-order valence-electron chi connectivity index (χ4n) is 6.58. The number of aliphatic hydroxyl groups is 3. The van der Waals surface area contributed by atoms with Gasteiger partial charge in [0.05, 0.1) is 0 Å². The zero-order valence-corrected chi connectivity index (χ0v) is 29.5. The first-order valence-electron chi connectivity index (χ1n) is 19.1. The van der Waals surface area contributed by atoms with E-state index in [2.05, 4.69) is 26.0 Å². The Morgan fingerprint density at radius 3 is 1.48 bits per heavy atom. The van der Waals surface area contributed by atoms with Gasteiger partial charge in [-0.05, 0) is 38.5 Å². The van der Waals surface area contributed by atoms with E-state index in [1.165, 1.54) is 77.0 Å². The van der Waals surface area contributed by atoms with Gasteiger partial charge in [-0.2, -0.15) is 0 Å². The highest BCUT2D eigenvalue weighted by Crippen LogP contribution is 2.37. The van der Waals surface area contributed by atoms with Gasteiger partial charge in [-0.25, -0.2) is 0 Å². The minimum absolute atomic E-state index is 0.00215. The van der Waals surface area contributed by atoms with Gasteiger partial charge in [0.15, 0.2) is 17.3 Å². The van der Waals surface area contributed by atoms with Crippen molar-refractivity contribution in [3.8, 4) is 0 Å². The summed E-state index contributed by atoms with van der Waals surface area (Å²) in [7, 11) is 0. The van der Waals surface area contributed by atoms with Crippen LogP contribution in [0.4, 0.5) is 0 Å². The molecule has 1 saturated carbocycles. The van der Waals surface area contributed by atoms with E-state index < -0.39 is 40.4 Å². The number of Topliss-reactive ketones (excluding diaryl/α,β-unsaturated/α-hetero) is 4. The summed E-state index contributed by atoms with van der Waals surface area (Å²) < 4.78 is 0. The van der Waals surface area contributed by atoms with Crippen molar-refractivity contribution in [1.29, 1.82) is 0 Å². The maximum atomic E-state index is 13.4. The second-order valence-corrected chi connectivity index (χ2v) is 13.7. The SMILES string of the molecule is CCCCCCC=CCCCCCCCC(=O)C(O)(C(=O)C(O)CCCCCCCCCCCCCCC)C1(O)C(=O)CCC1=O. The number of hydrogen-bond acceptors (Lipinski definition) is 7. The molecule has 7 nitrogen and oxygen atoms in total. The first-order valence-corrected chi connectivity index (χ1v) is 19.1. The third kappa shape index (κ3) is 14.6. The van der Waals surface area contributed by atoms with Crippen LogP contribution in [0.25, 0.3) is 0 Å². The van der Waals surface area contributed by atoms with Crippen LogP contribution in [0.3, 0.4) is 0 Å². The number of hydrogen-bond donors (Lipinski definition) is 3. The third-order valence-corrected chi connectivity index (χ3v) is 9.72. The summed E-state index contributed by atoms with van der Waals surface area (Å²) in [5.74, 6) is -4.45. The molecule has 0 bridgehead atoms. The van der Waals surface area contributed by atoms with E-state index in [-0.39, 0.29) is 25.7 Å². The fraction of sp³-hybridized carbons (Fsp3) is 0.846. The van der Waals surface area contributed by atoms with Crippen molar-refractivity contribution in [2.24, 2.45) is 0 Å². The Bertz CT molecular complexity index is 879. The summed E-state index contributed by atoms with van der Waals surface area (Å²) in [5.41, 5.74) is -6.38. The Balaban J connectivity index is 2.48. The quantitative estimate of drug-likeness (QED) is 0.0390.